The lowest BCUT2D eigenvalue weighted by molar-refractivity contribution is -0.120. The summed E-state index contributed by atoms with van der Waals surface area (Å²) in [5.41, 5.74) is 1.43. The Hall–Kier alpha value is -3.07. The first-order valence-corrected chi connectivity index (χ1v) is 13.1. The number of sulfonamides is 1. The van der Waals surface area contributed by atoms with E-state index < -0.39 is 10.0 Å². The average molecular weight is 515 g/mol. The molecule has 7 nitrogen and oxygen atoms in total. The van der Waals surface area contributed by atoms with E-state index in [0.717, 1.165) is 5.56 Å². The zero-order valence-electron chi connectivity index (χ0n) is 19.5. The number of nitrogens with one attached hydrogen (secondary N) is 1. The third kappa shape index (κ3) is 5.78. The number of ether oxygens (including phenoxy) is 2. The fraction of sp³-hybridized carbons (Fsp3) is 0.269. The molecule has 1 heterocycles. The molecule has 35 heavy (non-hydrogen) atoms. The largest absolute Gasteiger partial charge is 0.493 e. The van der Waals surface area contributed by atoms with Gasteiger partial charge in [0.1, 0.15) is 0 Å². The third-order valence-corrected chi connectivity index (χ3v) is 8.12. The van der Waals surface area contributed by atoms with E-state index in [1.807, 2.05) is 19.1 Å². The maximum atomic E-state index is 13.1. The van der Waals surface area contributed by atoms with Crippen molar-refractivity contribution in [1.82, 2.24) is 4.31 Å². The van der Waals surface area contributed by atoms with Crippen molar-refractivity contribution in [1.29, 1.82) is 0 Å². The topological polar surface area (TPSA) is 84.9 Å². The second-order valence-electron chi connectivity index (χ2n) is 8.37. The number of carbonyl (C=O) groups is 1. The predicted octanol–water partition coefficient (Wildman–Crippen LogP) is 5.49. The number of para-hydroxylation sites is 2. The van der Waals surface area contributed by atoms with Gasteiger partial charge in [0, 0.05) is 24.0 Å². The summed E-state index contributed by atoms with van der Waals surface area (Å²) in [7, 11) is -2.03. The second-order valence-corrected chi connectivity index (χ2v) is 10.7. The van der Waals surface area contributed by atoms with E-state index in [4.69, 9.17) is 21.1 Å². The van der Waals surface area contributed by atoms with Crippen molar-refractivity contribution < 1.29 is 22.7 Å². The van der Waals surface area contributed by atoms with Gasteiger partial charge in [-0.15, -0.1) is 0 Å². The number of hydrogen-bond acceptors (Lipinski definition) is 5. The summed E-state index contributed by atoms with van der Waals surface area (Å²) in [5, 5.41) is 3.36. The van der Waals surface area contributed by atoms with Crippen LogP contribution in [0.3, 0.4) is 0 Å². The highest BCUT2D eigenvalue weighted by atomic mass is 35.5. The molecule has 4 rings (SSSR count). The van der Waals surface area contributed by atoms with Gasteiger partial charge in [0.05, 0.1) is 17.7 Å². The smallest absolute Gasteiger partial charge is 0.243 e. The number of rotatable bonds is 7. The molecule has 0 atom stereocenters. The van der Waals surface area contributed by atoms with Crippen molar-refractivity contribution in [3.63, 3.8) is 0 Å². The van der Waals surface area contributed by atoms with E-state index >= 15 is 0 Å². The van der Waals surface area contributed by atoms with Gasteiger partial charge in [0.25, 0.3) is 0 Å². The van der Waals surface area contributed by atoms with Crippen LogP contribution in [0.4, 0.5) is 5.69 Å². The molecule has 1 fully saturated rings. The van der Waals surface area contributed by atoms with Gasteiger partial charge in [-0.3, -0.25) is 4.79 Å². The Balaban J connectivity index is 1.44. The molecule has 1 aliphatic heterocycles. The number of carbonyl (C=O) groups excluding carboxylic acids is 1. The summed E-state index contributed by atoms with van der Waals surface area (Å²) in [6.45, 7) is 2.45. The molecule has 1 N–H and O–H groups in total. The van der Waals surface area contributed by atoms with Crippen LogP contribution in [-0.2, 0) is 14.8 Å². The maximum absolute atomic E-state index is 13.1. The highest BCUT2D eigenvalue weighted by Gasteiger charge is 2.32. The minimum absolute atomic E-state index is 0.204. The van der Waals surface area contributed by atoms with Gasteiger partial charge in [-0.2, -0.15) is 4.31 Å². The molecular formula is C26H27ClN2O5S. The fourth-order valence-electron chi connectivity index (χ4n) is 3.96. The number of piperidine rings is 1. The number of hydrogen-bond donors (Lipinski definition) is 1. The van der Waals surface area contributed by atoms with Gasteiger partial charge in [-0.25, -0.2) is 8.42 Å². The molecule has 0 aliphatic carbocycles. The van der Waals surface area contributed by atoms with Gasteiger partial charge in [-0.05, 0) is 62.2 Å². The molecule has 0 saturated carbocycles. The number of aryl methyl sites for hydroxylation is 1. The summed E-state index contributed by atoms with van der Waals surface area (Å²) in [6.07, 6.45) is 0.834. The van der Waals surface area contributed by atoms with Gasteiger partial charge < -0.3 is 14.8 Å². The molecule has 3 aromatic rings. The normalized spacial score (nSPS) is 14.9. The van der Waals surface area contributed by atoms with E-state index in [2.05, 4.69) is 5.32 Å². The Morgan fingerprint density at radius 1 is 0.971 bits per heavy atom. The van der Waals surface area contributed by atoms with Crippen molar-refractivity contribution in [2.45, 2.75) is 24.7 Å². The van der Waals surface area contributed by atoms with Crippen LogP contribution in [0, 0.1) is 12.8 Å². The average Bonchev–Trinajstić information content (AvgIpc) is 2.86. The minimum atomic E-state index is -3.59. The van der Waals surface area contributed by atoms with Crippen LogP contribution in [0.2, 0.25) is 5.02 Å². The Labute approximate surface area is 210 Å². The van der Waals surface area contributed by atoms with E-state index in [-0.39, 0.29) is 29.8 Å². The Kier molecular flexibility index (Phi) is 7.64. The van der Waals surface area contributed by atoms with Gasteiger partial charge in [0.2, 0.25) is 15.9 Å². The molecule has 0 radical (unpaired) electrons. The lowest BCUT2D eigenvalue weighted by Crippen LogP contribution is -2.41. The van der Waals surface area contributed by atoms with Gasteiger partial charge >= 0.3 is 0 Å². The molecule has 3 aromatic carbocycles. The van der Waals surface area contributed by atoms with E-state index in [0.29, 0.717) is 40.8 Å². The second kappa shape index (κ2) is 10.7. The van der Waals surface area contributed by atoms with Crippen molar-refractivity contribution >= 4 is 33.2 Å². The summed E-state index contributed by atoms with van der Waals surface area (Å²) in [5.74, 6) is 0.943. The summed E-state index contributed by atoms with van der Waals surface area (Å²) >= 11 is 6.18. The van der Waals surface area contributed by atoms with E-state index in [1.165, 1.54) is 4.31 Å². The van der Waals surface area contributed by atoms with Crippen LogP contribution in [0.25, 0.3) is 0 Å². The quantitative estimate of drug-likeness (QED) is 0.450. The number of anilines is 1. The van der Waals surface area contributed by atoms with Crippen LogP contribution >= 0.6 is 11.6 Å². The first kappa shape index (κ1) is 25.0. The summed E-state index contributed by atoms with van der Waals surface area (Å²) in [6, 6.07) is 19.0. The highest BCUT2D eigenvalue weighted by molar-refractivity contribution is 7.89. The maximum Gasteiger partial charge on any atom is 0.243 e. The molecule has 0 unspecified atom stereocenters. The van der Waals surface area contributed by atoms with E-state index in [1.54, 1.807) is 61.7 Å². The summed E-state index contributed by atoms with van der Waals surface area (Å²) in [4.78, 5) is 13.3. The van der Waals surface area contributed by atoms with Crippen LogP contribution < -0.4 is 14.8 Å². The monoisotopic (exact) mass is 514 g/mol. The molecule has 184 valence electrons. The molecule has 1 amide bonds. The highest BCUT2D eigenvalue weighted by Crippen LogP contribution is 2.37. The van der Waals surface area contributed by atoms with Gasteiger partial charge in [0.15, 0.2) is 17.2 Å². The molecule has 0 aromatic heterocycles. The zero-order chi connectivity index (χ0) is 25.0. The van der Waals surface area contributed by atoms with Crippen LogP contribution in [0.15, 0.2) is 71.6 Å². The number of nitrogens with zero attached hydrogens (tertiary/aromatic N) is 1. The molecule has 1 aliphatic rings. The van der Waals surface area contributed by atoms with Crippen molar-refractivity contribution in [2.24, 2.45) is 5.92 Å². The molecular weight excluding hydrogens is 488 g/mol. The molecule has 0 bridgehead atoms. The van der Waals surface area contributed by atoms with E-state index in [9.17, 15) is 13.2 Å². The van der Waals surface area contributed by atoms with Crippen molar-refractivity contribution in [3.8, 4) is 17.2 Å². The Bertz CT molecular complexity index is 1300. The standard InChI is InChI=1S/C26H27ClN2O5S/c1-18-7-10-21(11-8-18)35(31,32)29-15-13-19(14-16-29)26(30)28-22-17-20(27)9-12-23(22)34-25-6-4-3-5-24(25)33-2/h3-12,17,19H,13-16H2,1-2H3,(H,28,30). The number of amides is 1. The molecule has 1 saturated heterocycles. The first-order valence-electron chi connectivity index (χ1n) is 11.3. The van der Waals surface area contributed by atoms with Crippen molar-refractivity contribution in [2.75, 3.05) is 25.5 Å². The van der Waals surface area contributed by atoms with Gasteiger partial charge in [-0.1, -0.05) is 41.4 Å². The van der Waals surface area contributed by atoms with Crippen LogP contribution in [0.5, 0.6) is 17.2 Å². The van der Waals surface area contributed by atoms with Crippen LogP contribution in [0.1, 0.15) is 18.4 Å². The third-order valence-electron chi connectivity index (χ3n) is 5.97. The Morgan fingerprint density at radius 2 is 1.63 bits per heavy atom. The fourth-order valence-corrected chi connectivity index (χ4v) is 5.60. The zero-order valence-corrected chi connectivity index (χ0v) is 21.1. The SMILES string of the molecule is COc1ccccc1Oc1ccc(Cl)cc1NC(=O)C1CCN(S(=O)(=O)c2ccc(C)cc2)CC1. The first-order chi connectivity index (χ1) is 16.8. The predicted molar refractivity (Wildman–Crippen MR) is 136 cm³/mol. The number of benzene rings is 3. The number of methoxy groups -OCH3 is 1. The van der Waals surface area contributed by atoms with Crippen molar-refractivity contribution in [3.05, 3.63) is 77.3 Å². The lowest BCUT2D eigenvalue weighted by atomic mass is 9.97. The van der Waals surface area contributed by atoms with Crippen LogP contribution in [-0.4, -0.2) is 38.8 Å². The minimum Gasteiger partial charge on any atom is -0.493 e. The number of halogens is 1. The summed E-state index contributed by atoms with van der Waals surface area (Å²) < 4.78 is 38.7. The molecule has 9 heteroatoms. The molecule has 0 spiro atoms. The lowest BCUT2D eigenvalue weighted by Gasteiger charge is -2.30. The Morgan fingerprint density at radius 3 is 2.29 bits per heavy atom.